The zero-order valence-electron chi connectivity index (χ0n) is 24.1. The number of carbonyl (C=O) groups is 3. The monoisotopic (exact) mass is 518 g/mol. The van der Waals surface area contributed by atoms with E-state index in [-0.39, 0.29) is 54.4 Å². The van der Waals surface area contributed by atoms with Crippen molar-refractivity contribution in [1.82, 2.24) is 20.9 Å². The number of aliphatic hydroxyl groups excluding tert-OH is 1. The van der Waals surface area contributed by atoms with Gasteiger partial charge in [-0.2, -0.15) is 0 Å². The number of nitrogens with one attached hydrogen (secondary N) is 3. The number of rotatable bonds is 16. The summed E-state index contributed by atoms with van der Waals surface area (Å²) in [6.07, 6.45) is 2.71. The van der Waals surface area contributed by atoms with Crippen molar-refractivity contribution in [1.29, 1.82) is 0 Å². The Balaban J connectivity index is 2.95. The summed E-state index contributed by atoms with van der Waals surface area (Å²) >= 11 is 0. The van der Waals surface area contributed by atoms with Crippen molar-refractivity contribution in [3.05, 3.63) is 30.1 Å². The molecule has 0 aromatic carbocycles. The summed E-state index contributed by atoms with van der Waals surface area (Å²) in [7, 11) is 0. The minimum absolute atomic E-state index is 0.0603. The quantitative estimate of drug-likeness (QED) is 0.265. The summed E-state index contributed by atoms with van der Waals surface area (Å²) in [5.41, 5.74) is 0.740. The van der Waals surface area contributed by atoms with Crippen molar-refractivity contribution >= 4 is 17.7 Å². The minimum Gasteiger partial charge on any atom is -0.391 e. The third kappa shape index (κ3) is 12.1. The van der Waals surface area contributed by atoms with Gasteiger partial charge in [0.15, 0.2) is 0 Å². The fraction of sp³-hybridized carbons (Fsp3) is 0.724. The Bertz CT molecular complexity index is 828. The first-order chi connectivity index (χ1) is 17.3. The molecule has 210 valence electrons. The third-order valence-corrected chi connectivity index (χ3v) is 6.73. The Kier molecular flexibility index (Phi) is 14.4. The maximum absolute atomic E-state index is 13.4. The third-order valence-electron chi connectivity index (χ3n) is 6.73. The molecule has 4 N–H and O–H groups in total. The fourth-order valence-electron chi connectivity index (χ4n) is 4.32. The van der Waals surface area contributed by atoms with Gasteiger partial charge in [0.25, 0.3) is 0 Å². The van der Waals surface area contributed by atoms with Crippen LogP contribution in [-0.2, 0) is 20.9 Å². The maximum Gasteiger partial charge on any atom is 0.243 e. The van der Waals surface area contributed by atoms with Crippen LogP contribution < -0.4 is 16.0 Å². The highest BCUT2D eigenvalue weighted by Gasteiger charge is 2.33. The van der Waals surface area contributed by atoms with Gasteiger partial charge in [-0.1, -0.05) is 67.9 Å². The maximum atomic E-state index is 13.4. The molecule has 0 unspecified atom stereocenters. The molecule has 0 aliphatic rings. The Morgan fingerprint density at radius 2 is 1.59 bits per heavy atom. The average molecular weight is 519 g/mol. The number of pyridine rings is 1. The molecule has 0 aliphatic heterocycles. The average Bonchev–Trinajstić information content (AvgIpc) is 2.82. The molecule has 8 heteroatoms. The topological polar surface area (TPSA) is 120 Å². The standard InChI is InChI=1S/C29H50N4O4/c1-9-21(8)27(29(37)31-17-22-12-10-11-13-30-22)33-28(36)23(20(6)7)16-25(34)24(14-18(2)3)32-26(35)15-19(4)5/h10-13,18-21,23-25,27,34H,9,14-17H2,1-8H3,(H,31,37)(H,32,35)(H,33,36)/t21-,23-,24-,25-,27-/m0/s1. The number of nitrogens with zero attached hydrogens (tertiary/aromatic N) is 1. The van der Waals surface area contributed by atoms with Crippen molar-refractivity contribution < 1.29 is 19.5 Å². The van der Waals surface area contributed by atoms with Crippen LogP contribution in [0, 0.1) is 29.6 Å². The first-order valence-corrected chi connectivity index (χ1v) is 13.8. The van der Waals surface area contributed by atoms with Crippen LogP contribution in [0.4, 0.5) is 0 Å². The molecule has 1 heterocycles. The van der Waals surface area contributed by atoms with E-state index in [2.05, 4.69) is 20.9 Å². The predicted octanol–water partition coefficient (Wildman–Crippen LogP) is 3.83. The van der Waals surface area contributed by atoms with E-state index in [4.69, 9.17) is 0 Å². The molecule has 0 saturated carbocycles. The molecule has 0 bridgehead atoms. The van der Waals surface area contributed by atoms with Crippen molar-refractivity contribution in [3.8, 4) is 0 Å². The van der Waals surface area contributed by atoms with Crippen LogP contribution in [0.2, 0.25) is 0 Å². The van der Waals surface area contributed by atoms with Crippen molar-refractivity contribution in [2.45, 2.75) is 106 Å². The molecule has 0 aliphatic carbocycles. The number of aromatic nitrogens is 1. The number of hydrogen-bond donors (Lipinski definition) is 4. The Hall–Kier alpha value is -2.48. The van der Waals surface area contributed by atoms with Crippen LogP contribution in [0.1, 0.15) is 86.8 Å². The van der Waals surface area contributed by atoms with E-state index in [1.807, 2.05) is 73.6 Å². The molecule has 0 saturated heterocycles. The highest BCUT2D eigenvalue weighted by atomic mass is 16.3. The lowest BCUT2D eigenvalue weighted by Gasteiger charge is -2.31. The molecule has 1 aromatic rings. The van der Waals surface area contributed by atoms with Gasteiger partial charge < -0.3 is 21.1 Å². The van der Waals surface area contributed by atoms with Crippen molar-refractivity contribution in [2.24, 2.45) is 29.6 Å². The van der Waals surface area contributed by atoms with E-state index in [1.54, 1.807) is 6.20 Å². The van der Waals surface area contributed by atoms with Crippen molar-refractivity contribution in [3.63, 3.8) is 0 Å². The van der Waals surface area contributed by atoms with E-state index < -0.39 is 24.1 Å². The number of aliphatic hydroxyl groups is 1. The molecular weight excluding hydrogens is 468 g/mol. The first-order valence-electron chi connectivity index (χ1n) is 13.8. The van der Waals surface area contributed by atoms with Gasteiger partial charge >= 0.3 is 0 Å². The van der Waals surface area contributed by atoms with Gasteiger partial charge in [-0.15, -0.1) is 0 Å². The summed E-state index contributed by atoms with van der Waals surface area (Å²) in [6.45, 7) is 16.1. The minimum atomic E-state index is -0.878. The molecule has 1 aromatic heterocycles. The smallest absolute Gasteiger partial charge is 0.243 e. The second kappa shape index (κ2) is 16.4. The van der Waals surface area contributed by atoms with Gasteiger partial charge in [0.1, 0.15) is 6.04 Å². The lowest BCUT2D eigenvalue weighted by atomic mass is 9.85. The van der Waals surface area contributed by atoms with Crippen LogP contribution in [0.25, 0.3) is 0 Å². The Morgan fingerprint density at radius 1 is 0.919 bits per heavy atom. The van der Waals surface area contributed by atoms with Crippen LogP contribution in [-0.4, -0.2) is 46.0 Å². The second-order valence-corrected chi connectivity index (χ2v) is 11.5. The molecule has 0 radical (unpaired) electrons. The normalized spacial score (nSPS) is 15.7. The van der Waals surface area contributed by atoms with Crippen LogP contribution in [0.5, 0.6) is 0 Å². The van der Waals surface area contributed by atoms with Crippen LogP contribution >= 0.6 is 0 Å². The van der Waals surface area contributed by atoms with Gasteiger partial charge in [0, 0.05) is 18.5 Å². The lowest BCUT2D eigenvalue weighted by molar-refractivity contribution is -0.134. The van der Waals surface area contributed by atoms with E-state index in [9.17, 15) is 19.5 Å². The summed E-state index contributed by atoms with van der Waals surface area (Å²) < 4.78 is 0. The van der Waals surface area contributed by atoms with Gasteiger partial charge in [-0.3, -0.25) is 19.4 Å². The zero-order valence-corrected chi connectivity index (χ0v) is 24.1. The largest absolute Gasteiger partial charge is 0.391 e. The molecule has 0 spiro atoms. The molecule has 3 amide bonds. The van der Waals surface area contributed by atoms with E-state index >= 15 is 0 Å². The Morgan fingerprint density at radius 3 is 2.11 bits per heavy atom. The van der Waals surface area contributed by atoms with E-state index in [0.717, 1.165) is 12.1 Å². The molecular formula is C29H50N4O4. The number of amides is 3. The van der Waals surface area contributed by atoms with Crippen LogP contribution in [0.3, 0.4) is 0 Å². The van der Waals surface area contributed by atoms with Gasteiger partial charge in [-0.25, -0.2) is 0 Å². The van der Waals surface area contributed by atoms with Crippen molar-refractivity contribution in [2.75, 3.05) is 0 Å². The molecule has 0 fully saturated rings. The predicted molar refractivity (Wildman–Crippen MR) is 147 cm³/mol. The fourth-order valence-corrected chi connectivity index (χ4v) is 4.32. The number of hydrogen-bond acceptors (Lipinski definition) is 5. The SMILES string of the molecule is CC[C@H](C)[C@H](NC(=O)[C@@H](C[C@H](O)[C@H](CC(C)C)NC(=O)CC(C)C)C(C)C)C(=O)NCc1ccccn1. The summed E-state index contributed by atoms with van der Waals surface area (Å²) in [6, 6.07) is 4.37. The van der Waals surface area contributed by atoms with E-state index in [1.165, 1.54) is 0 Å². The molecule has 8 nitrogen and oxygen atoms in total. The lowest BCUT2D eigenvalue weighted by Crippen LogP contribution is -2.53. The Labute approximate surface area is 223 Å². The van der Waals surface area contributed by atoms with Gasteiger partial charge in [-0.05, 0) is 48.6 Å². The summed E-state index contributed by atoms with van der Waals surface area (Å²) in [5.74, 6) is -0.771. The number of carbonyl (C=O) groups excluding carboxylic acids is 3. The highest BCUT2D eigenvalue weighted by molar-refractivity contribution is 5.88. The second-order valence-electron chi connectivity index (χ2n) is 11.5. The summed E-state index contributed by atoms with van der Waals surface area (Å²) in [4.78, 5) is 43.2. The molecule has 1 rings (SSSR count). The van der Waals surface area contributed by atoms with E-state index in [0.29, 0.717) is 12.8 Å². The van der Waals surface area contributed by atoms with Gasteiger partial charge in [0.2, 0.25) is 17.7 Å². The first kappa shape index (κ1) is 32.5. The summed E-state index contributed by atoms with van der Waals surface area (Å²) in [5, 5.41) is 20.0. The molecule has 5 atom stereocenters. The highest BCUT2D eigenvalue weighted by Crippen LogP contribution is 2.23. The van der Waals surface area contributed by atoms with Gasteiger partial charge in [0.05, 0.1) is 24.4 Å². The molecule has 37 heavy (non-hydrogen) atoms. The van der Waals surface area contributed by atoms with Crippen LogP contribution in [0.15, 0.2) is 24.4 Å². The zero-order chi connectivity index (χ0) is 28.1.